The molecule has 0 aliphatic heterocycles. The van der Waals surface area contributed by atoms with E-state index >= 15 is 0 Å². The molecule has 0 aliphatic rings. The molecule has 366 valence electrons. The molecule has 0 saturated carbocycles. The Morgan fingerprint density at radius 2 is 0.461 bits per heavy atom. The average molecular weight is 1010 g/mol. The second kappa shape index (κ2) is 24.7. The Morgan fingerprint density at radius 3 is 0.697 bits per heavy atom. The third-order valence-corrected chi connectivity index (χ3v) is 12.6. The Labute approximate surface area is 445 Å². The lowest BCUT2D eigenvalue weighted by Gasteiger charge is -2.13. The van der Waals surface area contributed by atoms with Gasteiger partial charge in [-0.25, -0.2) is 59.8 Å². The minimum atomic E-state index is 0.488. The zero-order valence-corrected chi connectivity index (χ0v) is 42.4. The molecule has 4 aromatic heterocycles. The minimum Gasteiger partial charge on any atom is -0.217 e. The maximum Gasteiger partial charge on any atom is 0.163 e. The first-order valence-corrected chi connectivity index (χ1v) is 25.5. The van der Waals surface area contributed by atoms with Crippen molar-refractivity contribution in [3.63, 3.8) is 0 Å². The van der Waals surface area contributed by atoms with Gasteiger partial charge in [0.1, 0.15) is 25.3 Å². The molecule has 0 N–H and O–H groups in total. The molecule has 4 heterocycles. The normalized spacial score (nSPS) is 10.6. The van der Waals surface area contributed by atoms with Gasteiger partial charge in [-0.2, -0.15) is 0 Å². The van der Waals surface area contributed by atoms with Crippen molar-refractivity contribution in [2.75, 3.05) is 0 Å². The van der Waals surface area contributed by atoms with Gasteiger partial charge in [-0.15, -0.1) is 0 Å². The summed E-state index contributed by atoms with van der Waals surface area (Å²) in [4.78, 5) is 58.7. The molecule has 12 aromatic rings. The second-order valence-corrected chi connectivity index (χ2v) is 17.9. The van der Waals surface area contributed by atoms with Crippen LogP contribution in [-0.4, -0.2) is 59.8 Å². The fourth-order valence-corrected chi connectivity index (χ4v) is 8.96. The van der Waals surface area contributed by atoms with Crippen LogP contribution in [0.5, 0.6) is 0 Å². The van der Waals surface area contributed by atoms with E-state index in [1.54, 1.807) is 37.1 Å². The Balaban J connectivity index is 0.000000379. The maximum absolute atomic E-state index is 4.92. The van der Waals surface area contributed by atoms with E-state index in [1.165, 1.54) is 9.79 Å². The van der Waals surface area contributed by atoms with Gasteiger partial charge >= 0.3 is 0 Å². The van der Waals surface area contributed by atoms with Crippen molar-refractivity contribution in [3.8, 4) is 91.1 Å². The van der Waals surface area contributed by atoms with E-state index in [9.17, 15) is 0 Å². The third-order valence-electron chi connectivity index (χ3n) is 11.6. The lowest BCUT2D eigenvalue weighted by atomic mass is 9.96. The molecule has 76 heavy (non-hydrogen) atoms. The molecule has 0 bridgehead atoms. The molecule has 0 radical (unpaired) electrons. The van der Waals surface area contributed by atoms with Crippen LogP contribution in [0.25, 0.3) is 91.1 Å². The van der Waals surface area contributed by atoms with Gasteiger partial charge in [-0.05, 0) is 78.2 Å². The summed E-state index contributed by atoms with van der Waals surface area (Å²) in [6, 6.07) is 72.6. The number of aromatic nitrogens is 12. The lowest BCUT2D eigenvalue weighted by molar-refractivity contribution is 1.05. The number of rotatable bonds is 12. The molecular weight excluding hydrogens is 957 g/mol. The van der Waals surface area contributed by atoms with Gasteiger partial charge in [0.05, 0.1) is 0 Å². The lowest BCUT2D eigenvalue weighted by Crippen LogP contribution is -2.01. The van der Waals surface area contributed by atoms with Crippen LogP contribution >= 0.6 is 11.8 Å². The largest absolute Gasteiger partial charge is 0.217 e. The first-order chi connectivity index (χ1) is 37.6. The van der Waals surface area contributed by atoms with E-state index in [0.717, 1.165) is 55.6 Å². The molecule has 0 amide bonds. The minimum absolute atomic E-state index is 0.488. The van der Waals surface area contributed by atoms with Crippen LogP contribution in [-0.2, 0) is 6.42 Å². The molecule has 0 spiro atoms. The summed E-state index contributed by atoms with van der Waals surface area (Å²) >= 11 is 1.79. The summed E-state index contributed by atoms with van der Waals surface area (Å²) in [6.45, 7) is 4.00. The van der Waals surface area contributed by atoms with Crippen LogP contribution < -0.4 is 0 Å². The fraction of sp³-hybridized carbons (Fsp3) is 0.0476. The van der Waals surface area contributed by atoms with Gasteiger partial charge < -0.3 is 0 Å². The van der Waals surface area contributed by atoms with Gasteiger partial charge in [0.2, 0.25) is 0 Å². The topological polar surface area (TPSA) is 155 Å². The quantitative estimate of drug-likeness (QED) is 0.114. The highest BCUT2D eigenvalue weighted by Crippen LogP contribution is 2.32. The average Bonchev–Trinajstić information content (AvgIpc) is 3.52. The Kier molecular flexibility index (Phi) is 16.2. The smallest absolute Gasteiger partial charge is 0.163 e. The van der Waals surface area contributed by atoms with E-state index in [-0.39, 0.29) is 0 Å². The predicted octanol–water partition coefficient (Wildman–Crippen LogP) is 14.2. The van der Waals surface area contributed by atoms with Crippen LogP contribution in [0.1, 0.15) is 25.0 Å². The molecule has 0 fully saturated rings. The number of hydrogen-bond acceptors (Lipinski definition) is 13. The summed E-state index contributed by atoms with van der Waals surface area (Å²) in [6.07, 6.45) is 6.66. The monoisotopic (exact) mass is 1000 g/mol. The summed E-state index contributed by atoms with van der Waals surface area (Å²) in [5.41, 5.74) is 8.58. The third kappa shape index (κ3) is 12.7. The van der Waals surface area contributed by atoms with Gasteiger partial charge in [0.15, 0.2) is 46.6 Å². The number of nitrogens with zero attached hydrogens (tertiary/aromatic N) is 12. The van der Waals surface area contributed by atoms with Crippen molar-refractivity contribution in [1.82, 2.24) is 59.8 Å². The van der Waals surface area contributed by atoms with Crippen molar-refractivity contribution in [2.45, 2.75) is 30.1 Å². The van der Waals surface area contributed by atoms with Gasteiger partial charge in [0, 0.05) is 54.3 Å². The van der Waals surface area contributed by atoms with Crippen LogP contribution in [0.4, 0.5) is 0 Å². The van der Waals surface area contributed by atoms with Crippen LogP contribution in [0, 0.1) is 0 Å². The number of hydrogen-bond donors (Lipinski definition) is 0. The molecule has 12 nitrogen and oxygen atoms in total. The summed E-state index contributed by atoms with van der Waals surface area (Å²) in [5, 5.41) is 0. The van der Waals surface area contributed by atoms with Crippen molar-refractivity contribution >= 4 is 11.8 Å². The standard InChI is InChI=1S/C49H32N12.C12H10S.C2H6/c1-5-13-34(14-6-1)42-50-28-54-46(58-42)38-22-32(23-39(26-38)47-55-29-51-43(59-47)35-15-7-2-8-16-35)21-33-24-40(48-56-30-52-44(60-48)36-17-9-3-10-18-36)27-41(25-33)49-57-31-53-45(61-49)37-19-11-4-12-20-37;1-3-7-11(8-4-1)13-12-9-5-2-6-10-12;1-2/h1-20,22-31H,21H2;1-10H;1-2H3. The molecule has 13 heteroatoms. The van der Waals surface area contributed by atoms with Crippen LogP contribution in [0.2, 0.25) is 0 Å². The molecule has 0 unspecified atom stereocenters. The van der Waals surface area contributed by atoms with Gasteiger partial charge in [-0.1, -0.05) is 183 Å². The maximum atomic E-state index is 4.92. The SMILES string of the molecule is CC.c1ccc(-c2ncnc(-c3cc(Cc4cc(-c5ncnc(-c6ccccc6)n5)cc(-c5ncnc(-c6ccccc6)n5)c4)cc(-c4ncnc(-c5ccccc5)n4)c3)n2)cc1.c1ccc(Sc2ccccc2)cc1. The fourth-order valence-electron chi connectivity index (χ4n) is 8.10. The highest BCUT2D eigenvalue weighted by atomic mass is 32.2. The van der Waals surface area contributed by atoms with Gasteiger partial charge in [0.25, 0.3) is 0 Å². The van der Waals surface area contributed by atoms with E-state index < -0.39 is 0 Å². The molecule has 0 aliphatic carbocycles. The van der Waals surface area contributed by atoms with Crippen molar-refractivity contribution in [1.29, 1.82) is 0 Å². The van der Waals surface area contributed by atoms with Crippen molar-refractivity contribution in [3.05, 3.63) is 255 Å². The van der Waals surface area contributed by atoms with Crippen molar-refractivity contribution in [2.24, 2.45) is 0 Å². The second-order valence-electron chi connectivity index (χ2n) is 16.7. The molecule has 0 atom stereocenters. The Morgan fingerprint density at radius 1 is 0.250 bits per heavy atom. The zero-order valence-electron chi connectivity index (χ0n) is 41.6. The predicted molar refractivity (Wildman–Crippen MR) is 301 cm³/mol. The molecular formula is C63H48N12S. The van der Waals surface area contributed by atoms with Crippen molar-refractivity contribution < 1.29 is 0 Å². The Hall–Kier alpha value is -9.85. The van der Waals surface area contributed by atoms with E-state index in [0.29, 0.717) is 53.0 Å². The first kappa shape index (κ1) is 49.7. The summed E-state index contributed by atoms with van der Waals surface area (Å²) in [5.74, 6) is 4.34. The van der Waals surface area contributed by atoms with Crippen LogP contribution in [0.3, 0.4) is 0 Å². The first-order valence-electron chi connectivity index (χ1n) is 24.7. The zero-order chi connectivity index (χ0) is 51.7. The summed E-state index contributed by atoms with van der Waals surface area (Å²) in [7, 11) is 0. The highest BCUT2D eigenvalue weighted by molar-refractivity contribution is 7.99. The van der Waals surface area contributed by atoms with Crippen LogP contribution in [0.15, 0.2) is 253 Å². The molecule has 12 rings (SSSR count). The van der Waals surface area contributed by atoms with E-state index in [1.807, 2.05) is 159 Å². The van der Waals surface area contributed by atoms with Gasteiger partial charge in [-0.3, -0.25) is 0 Å². The van der Waals surface area contributed by atoms with E-state index in [4.69, 9.17) is 19.9 Å². The molecule has 0 saturated heterocycles. The highest BCUT2D eigenvalue weighted by Gasteiger charge is 2.17. The molecule has 8 aromatic carbocycles. The number of benzene rings is 8. The summed E-state index contributed by atoms with van der Waals surface area (Å²) < 4.78 is 0. The Bertz CT molecular complexity index is 3330. The van der Waals surface area contributed by atoms with E-state index in [2.05, 4.69) is 113 Å².